The number of rotatable bonds is 5. The molecule has 0 aliphatic carbocycles. The minimum Gasteiger partial charge on any atom is -0.444 e. The molecule has 0 saturated heterocycles. The molecule has 0 rings (SSSR count). The Morgan fingerprint density at radius 2 is 2.07 bits per heavy atom. The van der Waals surface area contributed by atoms with Gasteiger partial charge in [0.25, 0.3) is 0 Å². The van der Waals surface area contributed by atoms with Gasteiger partial charge in [-0.25, -0.2) is 4.79 Å². The van der Waals surface area contributed by atoms with Crippen LogP contribution in [0.1, 0.15) is 27.7 Å². The maximum absolute atomic E-state index is 11.2. The quantitative estimate of drug-likeness (QED) is 0.718. The molecule has 0 aliphatic rings. The zero-order chi connectivity index (χ0) is 11.9. The van der Waals surface area contributed by atoms with Crippen molar-refractivity contribution in [2.45, 2.75) is 39.3 Å². The van der Waals surface area contributed by atoms with Crippen LogP contribution in [0.4, 0.5) is 4.79 Å². The lowest BCUT2D eigenvalue weighted by Gasteiger charge is -2.20. The van der Waals surface area contributed by atoms with Gasteiger partial charge in [0.1, 0.15) is 5.60 Å². The molecule has 3 N–H and O–H groups in total. The molecule has 0 aliphatic heterocycles. The minimum atomic E-state index is -0.478. The number of alkyl carbamates (subject to hydrolysis) is 1. The van der Waals surface area contributed by atoms with E-state index in [0.29, 0.717) is 19.8 Å². The highest BCUT2D eigenvalue weighted by molar-refractivity contribution is 5.67. The van der Waals surface area contributed by atoms with Crippen LogP contribution in [0.3, 0.4) is 0 Å². The second-order valence-electron chi connectivity index (χ2n) is 4.30. The number of carbonyl (C=O) groups is 1. The predicted molar refractivity (Wildman–Crippen MR) is 58.7 cm³/mol. The minimum absolute atomic E-state index is 0.197. The van der Waals surface area contributed by atoms with Crippen LogP contribution < -0.4 is 11.1 Å². The van der Waals surface area contributed by atoms with Gasteiger partial charge in [-0.3, -0.25) is 0 Å². The molecule has 15 heavy (non-hydrogen) atoms. The summed E-state index contributed by atoms with van der Waals surface area (Å²) in [6.45, 7) is 8.75. The van der Waals surface area contributed by atoms with Crippen molar-refractivity contribution in [3.8, 4) is 0 Å². The van der Waals surface area contributed by atoms with Crippen molar-refractivity contribution >= 4 is 6.09 Å². The van der Waals surface area contributed by atoms with Crippen molar-refractivity contribution in [1.29, 1.82) is 0 Å². The Bertz CT molecular complexity index is 190. The molecule has 0 heterocycles. The van der Waals surface area contributed by atoms with Crippen molar-refractivity contribution in [2.75, 3.05) is 19.8 Å². The smallest absolute Gasteiger partial charge is 0.407 e. The van der Waals surface area contributed by atoms with Crippen LogP contribution in [0.2, 0.25) is 0 Å². The van der Waals surface area contributed by atoms with Crippen LogP contribution in [-0.2, 0) is 9.47 Å². The molecule has 0 unspecified atom stereocenters. The van der Waals surface area contributed by atoms with Crippen molar-refractivity contribution in [1.82, 2.24) is 5.32 Å². The molecule has 1 atom stereocenters. The second-order valence-corrected chi connectivity index (χ2v) is 4.30. The highest BCUT2D eigenvalue weighted by atomic mass is 16.6. The average molecular weight is 218 g/mol. The SMILES string of the molecule is CCOC[C@@H](N)CNC(=O)OC(C)(C)C. The second kappa shape index (κ2) is 6.63. The Balaban J connectivity index is 3.62. The van der Waals surface area contributed by atoms with Crippen LogP contribution in [0.5, 0.6) is 0 Å². The first-order valence-electron chi connectivity index (χ1n) is 5.15. The number of hydrogen-bond donors (Lipinski definition) is 2. The molecule has 0 fully saturated rings. The maximum Gasteiger partial charge on any atom is 0.407 e. The molecule has 0 bridgehead atoms. The molecule has 0 radical (unpaired) electrons. The molecule has 0 aromatic heterocycles. The molecule has 0 aromatic rings. The van der Waals surface area contributed by atoms with E-state index < -0.39 is 11.7 Å². The topological polar surface area (TPSA) is 73.6 Å². The predicted octanol–water partition coefficient (Wildman–Crippen LogP) is 0.875. The lowest BCUT2D eigenvalue weighted by Crippen LogP contribution is -2.42. The molecule has 1 amide bonds. The normalized spacial score (nSPS) is 13.4. The lowest BCUT2D eigenvalue weighted by molar-refractivity contribution is 0.0515. The fourth-order valence-corrected chi connectivity index (χ4v) is 0.857. The Kier molecular flexibility index (Phi) is 6.27. The van der Waals surface area contributed by atoms with Gasteiger partial charge in [-0.1, -0.05) is 0 Å². The van der Waals surface area contributed by atoms with E-state index in [2.05, 4.69) is 5.32 Å². The molecular weight excluding hydrogens is 196 g/mol. The zero-order valence-corrected chi connectivity index (χ0v) is 10.0. The third-order valence-corrected chi connectivity index (χ3v) is 1.44. The van der Waals surface area contributed by atoms with Gasteiger partial charge in [-0.15, -0.1) is 0 Å². The monoisotopic (exact) mass is 218 g/mol. The Labute approximate surface area is 91.3 Å². The van der Waals surface area contributed by atoms with Crippen molar-refractivity contribution in [3.63, 3.8) is 0 Å². The van der Waals surface area contributed by atoms with Gasteiger partial charge in [-0.2, -0.15) is 0 Å². The van der Waals surface area contributed by atoms with E-state index in [4.69, 9.17) is 15.2 Å². The molecule has 90 valence electrons. The van der Waals surface area contributed by atoms with Crippen LogP contribution in [-0.4, -0.2) is 37.5 Å². The number of nitrogens with one attached hydrogen (secondary N) is 1. The summed E-state index contributed by atoms with van der Waals surface area (Å²) in [6.07, 6.45) is -0.450. The summed E-state index contributed by atoms with van der Waals surface area (Å²) in [5.41, 5.74) is 5.20. The van der Waals surface area contributed by atoms with E-state index >= 15 is 0 Å². The zero-order valence-electron chi connectivity index (χ0n) is 10.0. The molecular formula is C10H22N2O3. The molecule has 5 heteroatoms. The van der Waals surface area contributed by atoms with Gasteiger partial charge in [0, 0.05) is 19.2 Å². The first kappa shape index (κ1) is 14.2. The highest BCUT2D eigenvalue weighted by Crippen LogP contribution is 2.06. The third-order valence-electron chi connectivity index (χ3n) is 1.44. The molecule has 5 nitrogen and oxygen atoms in total. The maximum atomic E-state index is 11.2. The molecule has 0 aromatic carbocycles. The van der Waals surface area contributed by atoms with Crippen LogP contribution in [0.25, 0.3) is 0 Å². The van der Waals surface area contributed by atoms with Gasteiger partial charge < -0.3 is 20.5 Å². The van der Waals surface area contributed by atoms with Crippen molar-refractivity contribution in [2.24, 2.45) is 5.73 Å². The van der Waals surface area contributed by atoms with E-state index in [9.17, 15) is 4.79 Å². The van der Waals surface area contributed by atoms with E-state index in [1.54, 1.807) is 0 Å². The summed E-state index contributed by atoms with van der Waals surface area (Å²) in [6, 6.07) is -0.197. The van der Waals surface area contributed by atoms with Gasteiger partial charge in [-0.05, 0) is 27.7 Å². The van der Waals surface area contributed by atoms with E-state index in [1.165, 1.54) is 0 Å². The summed E-state index contributed by atoms with van der Waals surface area (Å²) in [4.78, 5) is 11.2. The first-order chi connectivity index (χ1) is 6.85. The molecule has 0 saturated carbocycles. The Morgan fingerprint density at radius 1 is 1.47 bits per heavy atom. The fourth-order valence-electron chi connectivity index (χ4n) is 0.857. The number of carbonyl (C=O) groups excluding carboxylic acids is 1. The number of ether oxygens (including phenoxy) is 2. The summed E-state index contributed by atoms with van der Waals surface area (Å²) in [5.74, 6) is 0. The van der Waals surface area contributed by atoms with Crippen molar-refractivity contribution < 1.29 is 14.3 Å². The van der Waals surface area contributed by atoms with Gasteiger partial charge in [0.05, 0.1) is 6.61 Å². The average Bonchev–Trinajstić information content (AvgIpc) is 2.08. The summed E-state index contributed by atoms with van der Waals surface area (Å²) >= 11 is 0. The third kappa shape index (κ3) is 9.49. The van der Waals surface area contributed by atoms with Crippen LogP contribution in [0.15, 0.2) is 0 Å². The lowest BCUT2D eigenvalue weighted by atomic mass is 10.2. The number of hydrogen-bond acceptors (Lipinski definition) is 4. The van der Waals surface area contributed by atoms with Crippen LogP contribution in [0, 0.1) is 0 Å². The number of amides is 1. The molecule has 0 spiro atoms. The Morgan fingerprint density at radius 3 is 2.53 bits per heavy atom. The van der Waals surface area contributed by atoms with Crippen LogP contribution >= 0.6 is 0 Å². The van der Waals surface area contributed by atoms with Gasteiger partial charge in [0.2, 0.25) is 0 Å². The van der Waals surface area contributed by atoms with E-state index in [0.717, 1.165) is 0 Å². The standard InChI is InChI=1S/C10H22N2O3/c1-5-14-7-8(11)6-12-9(13)15-10(2,3)4/h8H,5-7,11H2,1-4H3,(H,12,13)/t8-/m0/s1. The van der Waals surface area contributed by atoms with E-state index in [1.807, 2.05) is 27.7 Å². The first-order valence-corrected chi connectivity index (χ1v) is 5.15. The van der Waals surface area contributed by atoms with E-state index in [-0.39, 0.29) is 6.04 Å². The summed E-state index contributed by atoms with van der Waals surface area (Å²) in [5, 5.41) is 2.58. The van der Waals surface area contributed by atoms with Gasteiger partial charge in [0.15, 0.2) is 0 Å². The van der Waals surface area contributed by atoms with Crippen molar-refractivity contribution in [3.05, 3.63) is 0 Å². The van der Waals surface area contributed by atoms with Gasteiger partial charge >= 0.3 is 6.09 Å². The fraction of sp³-hybridized carbons (Fsp3) is 0.900. The summed E-state index contributed by atoms with van der Waals surface area (Å²) < 4.78 is 10.2. The summed E-state index contributed by atoms with van der Waals surface area (Å²) in [7, 11) is 0. The highest BCUT2D eigenvalue weighted by Gasteiger charge is 2.16. The largest absolute Gasteiger partial charge is 0.444 e. The number of nitrogens with two attached hydrogens (primary N) is 1. The Hall–Kier alpha value is -0.810.